The van der Waals surface area contributed by atoms with Gasteiger partial charge in [0, 0.05) is 6.20 Å². The smallest absolute Gasteiger partial charge is 0.115 e. The Balaban J connectivity index is 2.21. The highest BCUT2D eigenvalue weighted by Gasteiger charge is 2.03. The SMILES string of the molecule is CC(C)Cc1ccn(-c2ccc(O)cc2)n1. The molecule has 1 N–H and O–H groups in total. The van der Waals surface area contributed by atoms with Crippen LogP contribution in [0, 0.1) is 5.92 Å². The summed E-state index contributed by atoms with van der Waals surface area (Å²) in [6.45, 7) is 4.36. The molecule has 1 aromatic carbocycles. The van der Waals surface area contributed by atoms with E-state index in [1.807, 2.05) is 29.1 Å². The molecule has 3 heteroatoms. The van der Waals surface area contributed by atoms with Crippen LogP contribution in [0.3, 0.4) is 0 Å². The number of phenolic OH excluding ortho intramolecular Hbond substituents is 1. The van der Waals surface area contributed by atoms with E-state index in [0.717, 1.165) is 17.8 Å². The van der Waals surface area contributed by atoms with E-state index < -0.39 is 0 Å². The minimum atomic E-state index is 0.276. The molecule has 16 heavy (non-hydrogen) atoms. The van der Waals surface area contributed by atoms with Crippen molar-refractivity contribution in [2.45, 2.75) is 20.3 Å². The first-order chi connectivity index (χ1) is 7.65. The van der Waals surface area contributed by atoms with Crippen LogP contribution in [0.4, 0.5) is 0 Å². The average Bonchev–Trinajstić information content (AvgIpc) is 2.66. The fraction of sp³-hybridized carbons (Fsp3) is 0.308. The lowest BCUT2D eigenvalue weighted by atomic mass is 10.1. The predicted molar refractivity (Wildman–Crippen MR) is 63.8 cm³/mol. The minimum Gasteiger partial charge on any atom is -0.508 e. The molecule has 0 spiro atoms. The summed E-state index contributed by atoms with van der Waals surface area (Å²) in [6, 6.07) is 9.06. The van der Waals surface area contributed by atoms with Gasteiger partial charge in [0.25, 0.3) is 0 Å². The zero-order valence-electron chi connectivity index (χ0n) is 9.59. The summed E-state index contributed by atoms with van der Waals surface area (Å²) in [5.74, 6) is 0.890. The zero-order valence-corrected chi connectivity index (χ0v) is 9.59. The topological polar surface area (TPSA) is 38.0 Å². The van der Waals surface area contributed by atoms with Gasteiger partial charge in [-0.05, 0) is 42.7 Å². The Morgan fingerprint density at radius 3 is 2.50 bits per heavy atom. The molecule has 0 saturated carbocycles. The number of phenols is 1. The molecule has 1 heterocycles. The molecule has 0 bridgehead atoms. The van der Waals surface area contributed by atoms with Gasteiger partial charge in [-0.1, -0.05) is 13.8 Å². The van der Waals surface area contributed by atoms with Crippen molar-refractivity contribution < 1.29 is 5.11 Å². The molecule has 0 unspecified atom stereocenters. The molecular weight excluding hydrogens is 200 g/mol. The third kappa shape index (κ3) is 2.42. The molecule has 0 aliphatic heterocycles. The van der Waals surface area contributed by atoms with Crippen molar-refractivity contribution in [3.63, 3.8) is 0 Å². The highest BCUT2D eigenvalue weighted by atomic mass is 16.3. The van der Waals surface area contributed by atoms with Crippen LogP contribution >= 0.6 is 0 Å². The summed E-state index contributed by atoms with van der Waals surface area (Å²) in [6.07, 6.45) is 2.94. The largest absolute Gasteiger partial charge is 0.508 e. The first-order valence-electron chi connectivity index (χ1n) is 5.49. The quantitative estimate of drug-likeness (QED) is 0.856. The number of rotatable bonds is 3. The maximum absolute atomic E-state index is 9.20. The van der Waals surface area contributed by atoms with E-state index in [0.29, 0.717) is 5.92 Å². The van der Waals surface area contributed by atoms with E-state index >= 15 is 0 Å². The van der Waals surface area contributed by atoms with E-state index in [2.05, 4.69) is 18.9 Å². The van der Waals surface area contributed by atoms with Gasteiger partial charge in [0.05, 0.1) is 11.4 Å². The molecule has 2 aromatic rings. The summed E-state index contributed by atoms with van der Waals surface area (Å²) < 4.78 is 1.83. The fourth-order valence-corrected chi connectivity index (χ4v) is 1.64. The van der Waals surface area contributed by atoms with E-state index in [4.69, 9.17) is 0 Å². The van der Waals surface area contributed by atoms with Crippen molar-refractivity contribution in [1.29, 1.82) is 0 Å². The van der Waals surface area contributed by atoms with Gasteiger partial charge in [-0.25, -0.2) is 4.68 Å². The Bertz CT molecular complexity index is 457. The van der Waals surface area contributed by atoms with Crippen molar-refractivity contribution >= 4 is 0 Å². The van der Waals surface area contributed by atoms with Gasteiger partial charge < -0.3 is 5.11 Å². The van der Waals surface area contributed by atoms with Crippen LogP contribution in [0.15, 0.2) is 36.5 Å². The average molecular weight is 216 g/mol. The highest BCUT2D eigenvalue weighted by Crippen LogP contribution is 2.14. The molecule has 0 fully saturated rings. The van der Waals surface area contributed by atoms with Crippen molar-refractivity contribution in [1.82, 2.24) is 9.78 Å². The monoisotopic (exact) mass is 216 g/mol. The second kappa shape index (κ2) is 4.39. The lowest BCUT2D eigenvalue weighted by Crippen LogP contribution is -1.98. The van der Waals surface area contributed by atoms with Crippen molar-refractivity contribution in [3.8, 4) is 11.4 Å². The first kappa shape index (κ1) is 10.7. The summed E-state index contributed by atoms with van der Waals surface area (Å²) >= 11 is 0. The molecule has 84 valence electrons. The number of hydrogen-bond acceptors (Lipinski definition) is 2. The van der Waals surface area contributed by atoms with Gasteiger partial charge in [0.2, 0.25) is 0 Å². The third-order valence-electron chi connectivity index (χ3n) is 2.38. The standard InChI is InChI=1S/C13H16N2O/c1-10(2)9-11-7-8-15(14-11)12-3-5-13(16)6-4-12/h3-8,10,16H,9H2,1-2H3. The molecule has 0 aliphatic rings. The van der Waals surface area contributed by atoms with E-state index in [1.54, 1.807) is 12.1 Å². The Morgan fingerprint density at radius 2 is 1.88 bits per heavy atom. The molecule has 0 amide bonds. The Labute approximate surface area is 95.3 Å². The van der Waals surface area contributed by atoms with Crippen LogP contribution in [0.2, 0.25) is 0 Å². The van der Waals surface area contributed by atoms with E-state index in [-0.39, 0.29) is 5.75 Å². The Hall–Kier alpha value is -1.77. The van der Waals surface area contributed by atoms with E-state index in [9.17, 15) is 5.11 Å². The predicted octanol–water partition coefficient (Wildman–Crippen LogP) is 2.78. The molecule has 2 rings (SSSR count). The Morgan fingerprint density at radius 1 is 1.19 bits per heavy atom. The number of benzene rings is 1. The molecule has 0 saturated heterocycles. The van der Waals surface area contributed by atoms with Gasteiger partial charge in [0.15, 0.2) is 0 Å². The highest BCUT2D eigenvalue weighted by molar-refractivity contribution is 5.36. The van der Waals surface area contributed by atoms with Crippen molar-refractivity contribution in [2.75, 3.05) is 0 Å². The second-order valence-electron chi connectivity index (χ2n) is 4.37. The maximum Gasteiger partial charge on any atom is 0.115 e. The number of aromatic hydroxyl groups is 1. The van der Waals surface area contributed by atoms with Gasteiger partial charge in [0.1, 0.15) is 5.75 Å². The van der Waals surface area contributed by atoms with Gasteiger partial charge in [-0.15, -0.1) is 0 Å². The summed E-state index contributed by atoms with van der Waals surface area (Å²) in [7, 11) is 0. The molecular formula is C13H16N2O. The zero-order chi connectivity index (χ0) is 11.5. The summed E-state index contributed by atoms with van der Waals surface area (Å²) in [4.78, 5) is 0. The van der Waals surface area contributed by atoms with Gasteiger partial charge in [-0.2, -0.15) is 5.10 Å². The number of nitrogens with zero attached hydrogens (tertiary/aromatic N) is 2. The van der Waals surface area contributed by atoms with Gasteiger partial charge >= 0.3 is 0 Å². The molecule has 0 atom stereocenters. The summed E-state index contributed by atoms with van der Waals surface area (Å²) in [5.41, 5.74) is 2.07. The molecule has 0 aliphatic carbocycles. The van der Waals surface area contributed by atoms with Crippen LogP contribution in [-0.4, -0.2) is 14.9 Å². The van der Waals surface area contributed by atoms with E-state index in [1.165, 1.54) is 0 Å². The van der Waals surface area contributed by atoms with Gasteiger partial charge in [-0.3, -0.25) is 0 Å². The Kier molecular flexibility index (Phi) is 2.95. The lowest BCUT2D eigenvalue weighted by molar-refractivity contribution is 0.475. The normalized spacial score (nSPS) is 10.9. The molecule has 3 nitrogen and oxygen atoms in total. The minimum absolute atomic E-state index is 0.276. The maximum atomic E-state index is 9.20. The molecule has 1 aromatic heterocycles. The number of hydrogen-bond donors (Lipinski definition) is 1. The van der Waals surface area contributed by atoms with Crippen LogP contribution in [-0.2, 0) is 6.42 Å². The van der Waals surface area contributed by atoms with Crippen LogP contribution in [0.5, 0.6) is 5.75 Å². The van der Waals surface area contributed by atoms with Crippen molar-refractivity contribution in [3.05, 3.63) is 42.2 Å². The molecule has 0 radical (unpaired) electrons. The second-order valence-corrected chi connectivity index (χ2v) is 4.37. The summed E-state index contributed by atoms with van der Waals surface area (Å²) in [5, 5.41) is 13.7. The third-order valence-corrected chi connectivity index (χ3v) is 2.38. The van der Waals surface area contributed by atoms with Crippen LogP contribution in [0.25, 0.3) is 5.69 Å². The fourth-order valence-electron chi connectivity index (χ4n) is 1.64. The van der Waals surface area contributed by atoms with Crippen LogP contribution < -0.4 is 0 Å². The van der Waals surface area contributed by atoms with Crippen molar-refractivity contribution in [2.24, 2.45) is 5.92 Å². The van der Waals surface area contributed by atoms with Crippen LogP contribution in [0.1, 0.15) is 19.5 Å². The first-order valence-corrected chi connectivity index (χ1v) is 5.49. The lowest BCUT2D eigenvalue weighted by Gasteiger charge is -2.02. The number of aromatic nitrogens is 2.